The van der Waals surface area contributed by atoms with Gasteiger partial charge < -0.3 is 19.6 Å². The quantitative estimate of drug-likeness (QED) is 0.435. The molecule has 0 radical (unpaired) electrons. The summed E-state index contributed by atoms with van der Waals surface area (Å²) in [5.74, 6) is 1.38. The lowest BCUT2D eigenvalue weighted by Gasteiger charge is -2.40. The van der Waals surface area contributed by atoms with Gasteiger partial charge in [-0.05, 0) is 29.9 Å². The fourth-order valence-electron chi connectivity index (χ4n) is 4.90. The smallest absolute Gasteiger partial charge is 0.407 e. The van der Waals surface area contributed by atoms with Crippen LogP contribution in [-0.4, -0.2) is 58.0 Å². The summed E-state index contributed by atoms with van der Waals surface area (Å²) in [7, 11) is 0. The molecule has 1 unspecified atom stereocenters. The van der Waals surface area contributed by atoms with Crippen LogP contribution in [0.3, 0.4) is 0 Å². The van der Waals surface area contributed by atoms with Gasteiger partial charge in [-0.15, -0.1) is 0 Å². The van der Waals surface area contributed by atoms with E-state index in [4.69, 9.17) is 9.72 Å². The number of carboxylic acid groups (broad SMARTS) is 1. The number of aromatic nitrogens is 2. The first kappa shape index (κ1) is 22.3. The summed E-state index contributed by atoms with van der Waals surface area (Å²) in [5, 5.41) is 21.7. The molecule has 1 saturated heterocycles. The number of carbonyl (C=O) groups is 1. The van der Waals surface area contributed by atoms with Gasteiger partial charge in [-0.2, -0.15) is 10.2 Å². The largest absolute Gasteiger partial charge is 0.469 e. The van der Waals surface area contributed by atoms with Crippen molar-refractivity contribution in [2.24, 2.45) is 0 Å². The minimum atomic E-state index is -0.990. The molecule has 0 saturated carbocycles. The van der Waals surface area contributed by atoms with E-state index in [1.807, 2.05) is 18.4 Å². The number of fused-ring (bicyclic) bond motifs is 2. The van der Waals surface area contributed by atoms with E-state index in [1.54, 1.807) is 0 Å². The van der Waals surface area contributed by atoms with E-state index in [-0.39, 0.29) is 12.5 Å². The highest BCUT2D eigenvalue weighted by Crippen LogP contribution is 2.41. The molecular weight excluding hydrogens is 450 g/mol. The first-order valence-corrected chi connectivity index (χ1v) is 12.5. The Balaban J connectivity index is 1.48. The molecule has 2 aliphatic rings. The molecule has 1 fully saturated rings. The van der Waals surface area contributed by atoms with E-state index >= 15 is 0 Å². The average molecular weight is 476 g/mol. The number of ether oxygens (including phenoxy) is 1. The van der Waals surface area contributed by atoms with Gasteiger partial charge in [0.15, 0.2) is 5.16 Å². The number of nitriles is 1. The molecule has 8 nitrogen and oxygen atoms in total. The highest BCUT2D eigenvalue weighted by atomic mass is 32.2. The third kappa shape index (κ3) is 4.10. The Bertz CT molecular complexity index is 1270. The lowest BCUT2D eigenvalue weighted by molar-refractivity contribution is 0.118. The van der Waals surface area contributed by atoms with Gasteiger partial charge in [0.05, 0.1) is 24.1 Å². The molecule has 174 valence electrons. The van der Waals surface area contributed by atoms with Gasteiger partial charge >= 0.3 is 6.09 Å². The topological polar surface area (TPSA) is 103 Å². The number of hydrogen-bond acceptors (Lipinski definition) is 7. The second-order valence-electron chi connectivity index (χ2n) is 8.47. The van der Waals surface area contributed by atoms with Crippen LogP contribution in [0.2, 0.25) is 0 Å². The van der Waals surface area contributed by atoms with Crippen LogP contribution in [0.5, 0.6) is 5.88 Å². The van der Waals surface area contributed by atoms with Crippen LogP contribution < -0.4 is 9.64 Å². The zero-order valence-corrected chi connectivity index (χ0v) is 19.7. The van der Waals surface area contributed by atoms with E-state index < -0.39 is 12.1 Å². The van der Waals surface area contributed by atoms with Crippen molar-refractivity contribution in [1.82, 2.24) is 14.9 Å². The summed E-state index contributed by atoms with van der Waals surface area (Å²) in [4.78, 5) is 24.5. The van der Waals surface area contributed by atoms with Crippen molar-refractivity contribution >= 4 is 34.4 Å². The Morgan fingerprint density at radius 1 is 1.24 bits per heavy atom. The number of piperazine rings is 1. The molecule has 1 N–H and O–H groups in total. The molecule has 2 aliphatic heterocycles. The molecule has 2 aromatic carbocycles. The monoisotopic (exact) mass is 475 g/mol. The van der Waals surface area contributed by atoms with E-state index in [0.29, 0.717) is 30.7 Å². The number of anilines is 1. The van der Waals surface area contributed by atoms with Crippen molar-refractivity contribution in [3.63, 3.8) is 0 Å². The van der Waals surface area contributed by atoms with E-state index in [1.165, 1.54) is 27.4 Å². The third-order valence-corrected chi connectivity index (χ3v) is 7.09. The minimum Gasteiger partial charge on any atom is -0.469 e. The molecule has 1 amide bonds. The van der Waals surface area contributed by atoms with Crippen molar-refractivity contribution in [1.29, 1.82) is 5.26 Å². The van der Waals surface area contributed by atoms with Crippen molar-refractivity contribution < 1.29 is 14.6 Å². The lowest BCUT2D eigenvalue weighted by Crippen LogP contribution is -2.55. The van der Waals surface area contributed by atoms with E-state index in [0.717, 1.165) is 29.8 Å². The SMILES string of the molecule is CSc1nc2c(c(N3CCN(C(=O)O)[C@@H](CC#N)C3)n1)CCC(c1cccc3ccccc13)O2. The van der Waals surface area contributed by atoms with Gasteiger partial charge in [0.1, 0.15) is 11.9 Å². The normalized spacial score (nSPS) is 19.9. The van der Waals surface area contributed by atoms with Crippen molar-refractivity contribution in [2.75, 3.05) is 30.8 Å². The Morgan fingerprint density at radius 2 is 2.06 bits per heavy atom. The highest BCUT2D eigenvalue weighted by Gasteiger charge is 2.34. The van der Waals surface area contributed by atoms with Gasteiger partial charge in [-0.25, -0.2) is 9.78 Å². The molecule has 0 spiro atoms. The molecule has 3 aromatic rings. The van der Waals surface area contributed by atoms with E-state index in [2.05, 4.69) is 46.3 Å². The minimum absolute atomic E-state index is 0.105. The van der Waals surface area contributed by atoms with Crippen LogP contribution >= 0.6 is 11.8 Å². The molecule has 9 heteroatoms. The maximum absolute atomic E-state index is 11.6. The van der Waals surface area contributed by atoms with Crippen LogP contribution in [0, 0.1) is 11.3 Å². The second-order valence-corrected chi connectivity index (χ2v) is 9.24. The summed E-state index contributed by atoms with van der Waals surface area (Å²) < 4.78 is 6.49. The summed E-state index contributed by atoms with van der Waals surface area (Å²) in [6.45, 7) is 1.26. The third-order valence-electron chi connectivity index (χ3n) is 6.54. The van der Waals surface area contributed by atoms with Crippen molar-refractivity contribution in [2.45, 2.75) is 36.6 Å². The van der Waals surface area contributed by atoms with Gasteiger partial charge in [-0.3, -0.25) is 0 Å². The maximum Gasteiger partial charge on any atom is 0.407 e. The Kier molecular flexibility index (Phi) is 6.16. The van der Waals surface area contributed by atoms with Gasteiger partial charge in [-0.1, -0.05) is 54.2 Å². The Morgan fingerprint density at radius 3 is 2.85 bits per heavy atom. The number of amides is 1. The Labute approximate surface area is 202 Å². The number of benzene rings is 2. The molecule has 0 bridgehead atoms. The standard InChI is InChI=1S/C25H25N5O3S/c1-34-24-27-22(29-13-14-30(25(31)32)17(15-29)11-12-26)20-9-10-21(33-23(20)28-24)19-8-4-6-16-5-2-3-7-18(16)19/h2-8,17,21H,9-11,13-15H2,1H3,(H,31,32)/t17-,21?/m0/s1. The number of hydrogen-bond donors (Lipinski definition) is 1. The highest BCUT2D eigenvalue weighted by molar-refractivity contribution is 7.98. The van der Waals surface area contributed by atoms with Crippen LogP contribution in [-0.2, 0) is 6.42 Å². The molecule has 34 heavy (non-hydrogen) atoms. The van der Waals surface area contributed by atoms with Crippen molar-refractivity contribution in [3.05, 3.63) is 53.6 Å². The predicted octanol–water partition coefficient (Wildman–Crippen LogP) is 4.50. The zero-order chi connectivity index (χ0) is 23.7. The first-order chi connectivity index (χ1) is 16.6. The fourth-order valence-corrected chi connectivity index (χ4v) is 5.25. The van der Waals surface area contributed by atoms with Gasteiger partial charge in [0.25, 0.3) is 0 Å². The van der Waals surface area contributed by atoms with Crippen LogP contribution in [0.25, 0.3) is 10.8 Å². The summed E-state index contributed by atoms with van der Waals surface area (Å²) in [6.07, 6.45) is 2.53. The molecule has 2 atom stereocenters. The van der Waals surface area contributed by atoms with Gasteiger partial charge in [0.2, 0.25) is 5.88 Å². The second kappa shape index (κ2) is 9.39. The van der Waals surface area contributed by atoms with E-state index in [9.17, 15) is 15.2 Å². The van der Waals surface area contributed by atoms with Crippen LogP contribution in [0.1, 0.15) is 30.1 Å². The average Bonchev–Trinajstić information content (AvgIpc) is 2.87. The molecule has 0 aliphatic carbocycles. The molecule has 5 rings (SSSR count). The number of rotatable bonds is 4. The molecule has 1 aromatic heterocycles. The zero-order valence-electron chi connectivity index (χ0n) is 18.8. The lowest BCUT2D eigenvalue weighted by atomic mass is 9.94. The summed E-state index contributed by atoms with van der Waals surface area (Å²) in [5.41, 5.74) is 2.10. The predicted molar refractivity (Wildman–Crippen MR) is 130 cm³/mol. The van der Waals surface area contributed by atoms with Gasteiger partial charge in [0, 0.05) is 25.2 Å². The summed E-state index contributed by atoms with van der Waals surface area (Å²) >= 11 is 1.45. The van der Waals surface area contributed by atoms with Crippen LogP contribution in [0.4, 0.5) is 10.6 Å². The molecule has 3 heterocycles. The Hall–Kier alpha value is -3.51. The number of nitrogens with zero attached hydrogens (tertiary/aromatic N) is 5. The van der Waals surface area contributed by atoms with Crippen LogP contribution in [0.15, 0.2) is 47.6 Å². The maximum atomic E-state index is 11.6. The fraction of sp³-hybridized carbons (Fsp3) is 0.360. The van der Waals surface area contributed by atoms with Crippen molar-refractivity contribution in [3.8, 4) is 11.9 Å². The number of thioether (sulfide) groups is 1. The first-order valence-electron chi connectivity index (χ1n) is 11.3. The molecular formula is C25H25N5O3S. The summed E-state index contributed by atoms with van der Waals surface area (Å²) in [6, 6.07) is 16.3.